The number of urea groups is 1. The van der Waals surface area contributed by atoms with Crippen LogP contribution in [0.4, 0.5) is 4.79 Å². The SMILES string of the molecule is CCCn1c(S[C@@H](C(=O)NC(N)=O)C(C)C)nc2cc(Cl)ccc2c1=O. The Kier molecular flexibility index (Phi) is 6.66. The zero-order valence-corrected chi connectivity index (χ0v) is 16.4. The number of halogens is 1. The third-order valence-electron chi connectivity index (χ3n) is 3.67. The largest absolute Gasteiger partial charge is 0.351 e. The fourth-order valence-corrected chi connectivity index (χ4v) is 3.77. The Morgan fingerprint density at radius 1 is 1.38 bits per heavy atom. The maximum atomic E-state index is 12.8. The molecule has 0 aliphatic rings. The quantitative estimate of drug-likeness (QED) is 0.576. The van der Waals surface area contributed by atoms with Gasteiger partial charge in [-0.25, -0.2) is 9.78 Å². The monoisotopic (exact) mass is 396 g/mol. The van der Waals surface area contributed by atoms with Gasteiger partial charge in [0.1, 0.15) is 0 Å². The minimum atomic E-state index is -0.912. The van der Waals surface area contributed by atoms with Crippen LogP contribution in [0.5, 0.6) is 0 Å². The van der Waals surface area contributed by atoms with E-state index in [1.165, 1.54) is 0 Å². The molecule has 0 radical (unpaired) electrons. The fraction of sp³-hybridized carbons (Fsp3) is 0.412. The van der Waals surface area contributed by atoms with E-state index in [1.54, 1.807) is 22.8 Å². The summed E-state index contributed by atoms with van der Waals surface area (Å²) in [6.45, 7) is 6.11. The van der Waals surface area contributed by atoms with Crippen LogP contribution in [0.1, 0.15) is 27.2 Å². The van der Waals surface area contributed by atoms with Gasteiger partial charge in [0.2, 0.25) is 5.91 Å². The molecule has 2 aromatic rings. The van der Waals surface area contributed by atoms with E-state index in [0.717, 1.165) is 18.2 Å². The van der Waals surface area contributed by atoms with Crippen LogP contribution in [0.25, 0.3) is 10.9 Å². The van der Waals surface area contributed by atoms with E-state index in [0.29, 0.717) is 27.6 Å². The second-order valence-corrected chi connectivity index (χ2v) is 7.69. The first-order valence-electron chi connectivity index (χ1n) is 8.21. The van der Waals surface area contributed by atoms with Crippen LogP contribution in [0, 0.1) is 5.92 Å². The third-order valence-corrected chi connectivity index (χ3v) is 5.44. The van der Waals surface area contributed by atoms with Crippen molar-refractivity contribution >= 4 is 46.2 Å². The molecule has 0 fully saturated rings. The lowest BCUT2D eigenvalue weighted by molar-refractivity contribution is -0.120. The van der Waals surface area contributed by atoms with Gasteiger partial charge in [0.05, 0.1) is 16.2 Å². The van der Waals surface area contributed by atoms with Crippen molar-refractivity contribution < 1.29 is 9.59 Å². The molecule has 0 aliphatic heterocycles. The van der Waals surface area contributed by atoms with Crippen LogP contribution in [-0.2, 0) is 11.3 Å². The summed E-state index contributed by atoms with van der Waals surface area (Å²) in [6.07, 6.45) is 0.730. The van der Waals surface area contributed by atoms with Crippen molar-refractivity contribution in [2.24, 2.45) is 11.7 Å². The number of nitrogens with two attached hydrogens (primary N) is 1. The zero-order valence-electron chi connectivity index (χ0n) is 14.8. The highest BCUT2D eigenvalue weighted by molar-refractivity contribution is 8.00. The number of aromatic nitrogens is 2. The van der Waals surface area contributed by atoms with Crippen LogP contribution in [0.3, 0.4) is 0 Å². The van der Waals surface area contributed by atoms with Gasteiger partial charge in [0, 0.05) is 11.6 Å². The van der Waals surface area contributed by atoms with Crippen molar-refractivity contribution in [3.8, 4) is 0 Å². The van der Waals surface area contributed by atoms with Crippen molar-refractivity contribution in [3.63, 3.8) is 0 Å². The van der Waals surface area contributed by atoms with Gasteiger partial charge >= 0.3 is 6.03 Å². The average Bonchev–Trinajstić information content (AvgIpc) is 2.54. The average molecular weight is 397 g/mol. The molecule has 1 heterocycles. The summed E-state index contributed by atoms with van der Waals surface area (Å²) in [5, 5.41) is 2.82. The minimum absolute atomic E-state index is 0.110. The molecule has 0 spiro atoms. The molecule has 0 unspecified atom stereocenters. The van der Waals surface area contributed by atoms with E-state index in [-0.39, 0.29) is 11.5 Å². The summed E-state index contributed by atoms with van der Waals surface area (Å²) in [5.74, 6) is -0.623. The van der Waals surface area contributed by atoms with Crippen molar-refractivity contribution in [1.29, 1.82) is 0 Å². The van der Waals surface area contributed by atoms with Crippen LogP contribution in [0.15, 0.2) is 28.2 Å². The number of thioether (sulfide) groups is 1. The lowest BCUT2D eigenvalue weighted by Gasteiger charge is -2.20. The normalized spacial score (nSPS) is 12.3. The van der Waals surface area contributed by atoms with Gasteiger partial charge in [0.15, 0.2) is 5.16 Å². The lowest BCUT2D eigenvalue weighted by Crippen LogP contribution is -2.42. The van der Waals surface area contributed by atoms with E-state index in [1.807, 2.05) is 20.8 Å². The first-order valence-corrected chi connectivity index (χ1v) is 9.47. The Labute approximate surface area is 160 Å². The number of primary amides is 1. The highest BCUT2D eigenvalue weighted by Gasteiger charge is 2.27. The third kappa shape index (κ3) is 4.56. The van der Waals surface area contributed by atoms with Crippen molar-refractivity contribution in [2.45, 2.75) is 44.1 Å². The molecule has 0 bridgehead atoms. The molecule has 7 nitrogen and oxygen atoms in total. The highest BCUT2D eigenvalue weighted by Crippen LogP contribution is 2.28. The number of carbonyl (C=O) groups is 2. The fourth-order valence-electron chi connectivity index (χ4n) is 2.48. The number of nitrogens with zero attached hydrogens (tertiary/aromatic N) is 2. The van der Waals surface area contributed by atoms with Crippen LogP contribution in [0.2, 0.25) is 5.02 Å². The minimum Gasteiger partial charge on any atom is -0.351 e. The zero-order chi connectivity index (χ0) is 19.4. The summed E-state index contributed by atoms with van der Waals surface area (Å²) in [5.41, 5.74) is 5.33. The van der Waals surface area contributed by atoms with Gasteiger partial charge in [-0.3, -0.25) is 19.5 Å². The summed E-state index contributed by atoms with van der Waals surface area (Å²) in [7, 11) is 0. The topological polar surface area (TPSA) is 107 Å². The standard InChI is InChI=1S/C17H21ClN4O3S/c1-4-7-22-15(24)11-6-5-10(18)8-12(11)20-17(22)26-13(9(2)3)14(23)21-16(19)25/h5-6,8-9,13H,4,7H2,1-3H3,(H3,19,21,23,25)/t13-/m1/s1. The molecule has 9 heteroatoms. The molecule has 140 valence electrons. The van der Waals surface area contributed by atoms with E-state index in [2.05, 4.69) is 10.3 Å². The van der Waals surface area contributed by atoms with Gasteiger partial charge in [-0.1, -0.05) is 44.1 Å². The number of carbonyl (C=O) groups excluding carboxylic acids is 2. The van der Waals surface area contributed by atoms with E-state index in [9.17, 15) is 14.4 Å². The molecule has 3 amide bonds. The molecule has 26 heavy (non-hydrogen) atoms. The molecule has 0 saturated carbocycles. The Hall–Kier alpha value is -2.06. The summed E-state index contributed by atoms with van der Waals surface area (Å²) < 4.78 is 1.55. The van der Waals surface area contributed by atoms with Crippen LogP contribution in [-0.4, -0.2) is 26.7 Å². The lowest BCUT2D eigenvalue weighted by atomic mass is 10.1. The van der Waals surface area contributed by atoms with Gasteiger partial charge in [0.25, 0.3) is 5.56 Å². The van der Waals surface area contributed by atoms with Crippen molar-refractivity contribution in [2.75, 3.05) is 0 Å². The summed E-state index contributed by atoms with van der Waals surface area (Å²) in [4.78, 5) is 40.7. The smallest absolute Gasteiger partial charge is 0.318 e. The maximum Gasteiger partial charge on any atom is 0.318 e. The molecular formula is C17H21ClN4O3S. The van der Waals surface area contributed by atoms with E-state index in [4.69, 9.17) is 17.3 Å². The molecular weight excluding hydrogens is 376 g/mol. The Morgan fingerprint density at radius 2 is 2.08 bits per heavy atom. The number of imide groups is 1. The Balaban J connectivity index is 2.54. The van der Waals surface area contributed by atoms with Gasteiger partial charge in [-0.05, 0) is 30.5 Å². The maximum absolute atomic E-state index is 12.8. The number of rotatable bonds is 6. The number of nitrogens with one attached hydrogen (secondary N) is 1. The Morgan fingerprint density at radius 3 is 2.65 bits per heavy atom. The highest BCUT2D eigenvalue weighted by atomic mass is 35.5. The molecule has 2 rings (SSSR count). The first-order chi connectivity index (χ1) is 12.2. The van der Waals surface area contributed by atoms with Crippen LogP contribution >= 0.6 is 23.4 Å². The molecule has 1 atom stereocenters. The molecule has 3 N–H and O–H groups in total. The summed E-state index contributed by atoms with van der Waals surface area (Å²) >= 11 is 7.15. The van der Waals surface area contributed by atoms with Gasteiger partial charge in [-0.15, -0.1) is 0 Å². The number of benzene rings is 1. The van der Waals surface area contributed by atoms with E-state index < -0.39 is 17.2 Å². The van der Waals surface area contributed by atoms with Gasteiger partial charge < -0.3 is 5.73 Å². The molecule has 1 aromatic carbocycles. The van der Waals surface area contributed by atoms with Crippen LogP contribution < -0.4 is 16.6 Å². The first kappa shape index (κ1) is 20.3. The number of hydrogen-bond donors (Lipinski definition) is 2. The Bertz CT molecular complexity index is 897. The second-order valence-electron chi connectivity index (χ2n) is 6.15. The predicted molar refractivity (Wildman–Crippen MR) is 104 cm³/mol. The molecule has 0 saturated heterocycles. The van der Waals surface area contributed by atoms with E-state index >= 15 is 0 Å². The van der Waals surface area contributed by atoms with Crippen molar-refractivity contribution in [3.05, 3.63) is 33.6 Å². The molecule has 1 aromatic heterocycles. The number of fused-ring (bicyclic) bond motifs is 1. The van der Waals surface area contributed by atoms with Crippen molar-refractivity contribution in [1.82, 2.24) is 14.9 Å². The van der Waals surface area contributed by atoms with Gasteiger partial charge in [-0.2, -0.15) is 0 Å². The molecule has 0 aliphatic carbocycles. The number of amides is 3. The second kappa shape index (κ2) is 8.55. The number of hydrogen-bond acceptors (Lipinski definition) is 5. The summed E-state index contributed by atoms with van der Waals surface area (Å²) in [6, 6.07) is 4.00. The predicted octanol–water partition coefficient (Wildman–Crippen LogP) is 2.77.